The molecule has 0 saturated heterocycles. The maximum atomic E-state index is 10.1. The van der Waals surface area contributed by atoms with E-state index in [1.807, 2.05) is 6.07 Å². The summed E-state index contributed by atoms with van der Waals surface area (Å²) in [6.07, 6.45) is 0. The first-order chi connectivity index (χ1) is 8.80. The van der Waals surface area contributed by atoms with E-state index in [0.29, 0.717) is 12.3 Å². The summed E-state index contributed by atoms with van der Waals surface area (Å²) in [5.74, 6) is 0.377. The number of aromatic hydroxyl groups is 1. The van der Waals surface area contributed by atoms with E-state index in [0.717, 1.165) is 18.7 Å². The number of phenolic OH excluding ortho intramolecular Hbond substituents is 1. The van der Waals surface area contributed by atoms with Gasteiger partial charge in [-0.05, 0) is 38.4 Å². The van der Waals surface area contributed by atoms with Crippen molar-refractivity contribution < 1.29 is 5.11 Å². The summed E-state index contributed by atoms with van der Waals surface area (Å²) in [6.45, 7) is 13.2. The maximum Gasteiger partial charge on any atom is 0.120 e. The van der Waals surface area contributed by atoms with Gasteiger partial charge in [-0.1, -0.05) is 38.5 Å². The average Bonchev–Trinajstić information content (AvgIpc) is 2.38. The molecule has 108 valence electrons. The van der Waals surface area contributed by atoms with Gasteiger partial charge in [0, 0.05) is 18.2 Å². The van der Waals surface area contributed by atoms with E-state index >= 15 is 0 Å². The standard InChI is InChI=1S/C16H28N2O/c1-6-18(11-16(4,5)10-17)13(3)14-9-12(2)7-8-15(14)19/h7-9,13,19H,6,10-11,17H2,1-5H3. The largest absolute Gasteiger partial charge is 0.508 e. The minimum atomic E-state index is 0.0870. The molecule has 0 bridgehead atoms. The zero-order valence-electron chi connectivity index (χ0n) is 12.9. The predicted octanol–water partition coefficient (Wildman–Crippen LogP) is 3.07. The van der Waals surface area contributed by atoms with Gasteiger partial charge in [-0.3, -0.25) is 4.90 Å². The van der Waals surface area contributed by atoms with Gasteiger partial charge in [0.05, 0.1) is 0 Å². The number of nitrogens with two attached hydrogens (primary N) is 1. The van der Waals surface area contributed by atoms with Gasteiger partial charge in [0.1, 0.15) is 5.75 Å². The summed E-state index contributed by atoms with van der Waals surface area (Å²) in [6, 6.07) is 5.98. The van der Waals surface area contributed by atoms with Crippen molar-refractivity contribution in [3.05, 3.63) is 29.3 Å². The van der Waals surface area contributed by atoms with E-state index in [9.17, 15) is 5.11 Å². The molecule has 0 aliphatic rings. The predicted molar refractivity (Wildman–Crippen MR) is 81.3 cm³/mol. The topological polar surface area (TPSA) is 49.5 Å². The fraction of sp³-hybridized carbons (Fsp3) is 0.625. The van der Waals surface area contributed by atoms with Crippen LogP contribution in [0.5, 0.6) is 5.75 Å². The van der Waals surface area contributed by atoms with Crippen LogP contribution >= 0.6 is 0 Å². The van der Waals surface area contributed by atoms with E-state index in [-0.39, 0.29) is 11.5 Å². The Morgan fingerprint density at radius 2 is 2.00 bits per heavy atom. The fourth-order valence-corrected chi connectivity index (χ4v) is 2.34. The molecule has 0 amide bonds. The SMILES string of the molecule is CCN(CC(C)(C)CN)C(C)c1cc(C)ccc1O. The van der Waals surface area contributed by atoms with Gasteiger partial charge in [-0.25, -0.2) is 0 Å². The summed E-state index contributed by atoms with van der Waals surface area (Å²) in [5, 5.41) is 10.1. The minimum Gasteiger partial charge on any atom is -0.508 e. The second-order valence-electron chi connectivity index (χ2n) is 6.17. The monoisotopic (exact) mass is 264 g/mol. The van der Waals surface area contributed by atoms with Crippen LogP contribution in [0.4, 0.5) is 0 Å². The third-order valence-electron chi connectivity index (χ3n) is 3.77. The van der Waals surface area contributed by atoms with Gasteiger partial charge in [-0.15, -0.1) is 0 Å². The van der Waals surface area contributed by atoms with Crippen molar-refractivity contribution in [1.82, 2.24) is 4.90 Å². The molecule has 0 heterocycles. The van der Waals surface area contributed by atoms with E-state index in [2.05, 4.69) is 45.6 Å². The Balaban J connectivity index is 2.95. The van der Waals surface area contributed by atoms with Crippen molar-refractivity contribution in [2.75, 3.05) is 19.6 Å². The van der Waals surface area contributed by atoms with Gasteiger partial charge in [-0.2, -0.15) is 0 Å². The summed E-state index contributed by atoms with van der Waals surface area (Å²) in [5.41, 5.74) is 8.08. The van der Waals surface area contributed by atoms with Crippen LogP contribution in [0, 0.1) is 12.3 Å². The lowest BCUT2D eigenvalue weighted by Crippen LogP contribution is -2.40. The van der Waals surface area contributed by atoms with Crippen LogP contribution in [0.25, 0.3) is 0 Å². The third-order valence-corrected chi connectivity index (χ3v) is 3.77. The fourth-order valence-electron chi connectivity index (χ4n) is 2.34. The summed E-state index contributed by atoms with van der Waals surface area (Å²) >= 11 is 0. The van der Waals surface area contributed by atoms with Crippen molar-refractivity contribution in [1.29, 1.82) is 0 Å². The minimum absolute atomic E-state index is 0.0870. The zero-order chi connectivity index (χ0) is 14.6. The highest BCUT2D eigenvalue weighted by Gasteiger charge is 2.24. The first kappa shape index (κ1) is 16.0. The molecular formula is C16H28N2O. The van der Waals surface area contributed by atoms with E-state index in [1.165, 1.54) is 5.56 Å². The lowest BCUT2D eigenvalue weighted by molar-refractivity contribution is 0.146. The number of phenols is 1. The van der Waals surface area contributed by atoms with Crippen LogP contribution in [0.15, 0.2) is 18.2 Å². The molecule has 1 atom stereocenters. The lowest BCUT2D eigenvalue weighted by atomic mass is 9.91. The first-order valence-corrected chi connectivity index (χ1v) is 7.04. The van der Waals surface area contributed by atoms with Gasteiger partial charge in [0.15, 0.2) is 0 Å². The Hall–Kier alpha value is -1.06. The molecule has 0 aliphatic heterocycles. The molecule has 1 unspecified atom stereocenters. The van der Waals surface area contributed by atoms with Gasteiger partial charge < -0.3 is 10.8 Å². The Kier molecular flexibility index (Phi) is 5.39. The molecule has 3 N–H and O–H groups in total. The number of nitrogens with zero attached hydrogens (tertiary/aromatic N) is 1. The van der Waals surface area contributed by atoms with Crippen LogP contribution in [-0.2, 0) is 0 Å². The zero-order valence-corrected chi connectivity index (χ0v) is 12.9. The molecule has 0 fully saturated rings. The van der Waals surface area contributed by atoms with Crippen molar-refractivity contribution in [3.63, 3.8) is 0 Å². The van der Waals surface area contributed by atoms with Crippen LogP contribution in [0.2, 0.25) is 0 Å². The molecule has 19 heavy (non-hydrogen) atoms. The molecule has 0 radical (unpaired) electrons. The molecule has 3 nitrogen and oxygen atoms in total. The number of hydrogen-bond acceptors (Lipinski definition) is 3. The third kappa shape index (κ3) is 4.22. The van der Waals surface area contributed by atoms with E-state index < -0.39 is 0 Å². The Bertz CT molecular complexity index is 415. The highest BCUT2D eigenvalue weighted by atomic mass is 16.3. The highest BCUT2D eigenvalue weighted by Crippen LogP contribution is 2.31. The quantitative estimate of drug-likeness (QED) is 0.830. The first-order valence-electron chi connectivity index (χ1n) is 7.04. The molecule has 0 spiro atoms. The van der Waals surface area contributed by atoms with E-state index in [4.69, 9.17) is 5.73 Å². The summed E-state index contributed by atoms with van der Waals surface area (Å²) < 4.78 is 0. The van der Waals surface area contributed by atoms with Crippen molar-refractivity contribution in [2.24, 2.45) is 11.1 Å². The Morgan fingerprint density at radius 3 is 2.53 bits per heavy atom. The number of rotatable bonds is 6. The van der Waals surface area contributed by atoms with Crippen molar-refractivity contribution in [2.45, 2.75) is 40.7 Å². The van der Waals surface area contributed by atoms with Crippen LogP contribution in [0.1, 0.15) is 44.9 Å². The number of aryl methyl sites for hydroxylation is 1. The van der Waals surface area contributed by atoms with Crippen molar-refractivity contribution in [3.8, 4) is 5.75 Å². The van der Waals surface area contributed by atoms with E-state index in [1.54, 1.807) is 6.07 Å². The van der Waals surface area contributed by atoms with Crippen LogP contribution in [-0.4, -0.2) is 29.6 Å². The second-order valence-corrected chi connectivity index (χ2v) is 6.17. The normalized spacial score (nSPS) is 13.8. The molecule has 1 aromatic carbocycles. The molecule has 0 aliphatic carbocycles. The van der Waals surface area contributed by atoms with Crippen LogP contribution < -0.4 is 5.73 Å². The molecule has 0 saturated carbocycles. The van der Waals surface area contributed by atoms with Gasteiger partial charge in [0.2, 0.25) is 0 Å². The van der Waals surface area contributed by atoms with Crippen LogP contribution in [0.3, 0.4) is 0 Å². The second kappa shape index (κ2) is 6.40. The molecule has 1 aromatic rings. The average molecular weight is 264 g/mol. The smallest absolute Gasteiger partial charge is 0.120 e. The lowest BCUT2D eigenvalue weighted by Gasteiger charge is -2.35. The summed E-state index contributed by atoms with van der Waals surface area (Å²) in [4.78, 5) is 2.36. The highest BCUT2D eigenvalue weighted by molar-refractivity contribution is 5.37. The molecule has 0 aromatic heterocycles. The molecular weight excluding hydrogens is 236 g/mol. The number of benzene rings is 1. The maximum absolute atomic E-state index is 10.1. The van der Waals surface area contributed by atoms with Gasteiger partial charge >= 0.3 is 0 Å². The molecule has 3 heteroatoms. The molecule has 1 rings (SSSR count). The van der Waals surface area contributed by atoms with Crippen molar-refractivity contribution >= 4 is 0 Å². The van der Waals surface area contributed by atoms with Gasteiger partial charge in [0.25, 0.3) is 0 Å². The summed E-state index contributed by atoms with van der Waals surface area (Å²) in [7, 11) is 0. The Morgan fingerprint density at radius 1 is 1.37 bits per heavy atom. The Labute approximate surface area is 117 Å². The number of hydrogen-bond donors (Lipinski definition) is 2.